The molecule has 7 nitrogen and oxygen atoms in total. The molecule has 0 spiro atoms. The minimum atomic E-state index is -0.497. The Bertz CT molecular complexity index is 442. The average molecular weight is 269 g/mol. The number of carbonyl (C=O) groups excluding carboxylic acids is 1. The van der Waals surface area contributed by atoms with E-state index in [0.717, 1.165) is 19.3 Å². The molecule has 0 aromatic carbocycles. The highest BCUT2D eigenvalue weighted by atomic mass is 16.6. The van der Waals surface area contributed by atoms with Crippen molar-refractivity contribution in [3.05, 3.63) is 22.1 Å². The third-order valence-corrected chi connectivity index (χ3v) is 2.78. The topological polar surface area (TPSA) is 87.3 Å². The lowest BCUT2D eigenvalue weighted by atomic mass is 10.2. The lowest BCUT2D eigenvalue weighted by Crippen LogP contribution is -2.13. The van der Waals surface area contributed by atoms with Crippen LogP contribution in [0.2, 0.25) is 0 Å². The quantitative estimate of drug-likeness (QED) is 0.312. The second kappa shape index (κ2) is 7.50. The Morgan fingerprint density at radius 2 is 2.26 bits per heavy atom. The van der Waals surface area contributed by atoms with Crippen LogP contribution in [0.4, 0.5) is 5.82 Å². The number of ether oxygens (including phenoxy) is 1. The molecule has 1 heterocycles. The van der Waals surface area contributed by atoms with Crippen LogP contribution >= 0.6 is 0 Å². The van der Waals surface area contributed by atoms with Crippen molar-refractivity contribution in [1.82, 2.24) is 9.55 Å². The predicted octanol–water partition coefficient (Wildman–Crippen LogP) is 2.22. The number of imidazole rings is 1. The van der Waals surface area contributed by atoms with Crippen molar-refractivity contribution in [3.8, 4) is 0 Å². The summed E-state index contributed by atoms with van der Waals surface area (Å²) in [5.41, 5.74) is 0. The van der Waals surface area contributed by atoms with Gasteiger partial charge in [0, 0.05) is 13.3 Å². The fourth-order valence-electron chi connectivity index (χ4n) is 1.72. The van der Waals surface area contributed by atoms with E-state index in [2.05, 4.69) is 11.9 Å². The number of carbonyl (C=O) groups is 1. The molecule has 0 amide bonds. The van der Waals surface area contributed by atoms with Crippen LogP contribution in [0.1, 0.15) is 38.4 Å². The van der Waals surface area contributed by atoms with Crippen molar-refractivity contribution in [2.24, 2.45) is 0 Å². The van der Waals surface area contributed by atoms with Gasteiger partial charge in [-0.3, -0.25) is 4.79 Å². The summed E-state index contributed by atoms with van der Waals surface area (Å²) in [7, 11) is 0. The molecule has 0 fully saturated rings. The Labute approximate surface area is 111 Å². The number of hydrogen-bond acceptors (Lipinski definition) is 5. The first-order valence-electron chi connectivity index (χ1n) is 6.38. The molecule has 0 saturated carbocycles. The van der Waals surface area contributed by atoms with Crippen molar-refractivity contribution < 1.29 is 14.5 Å². The van der Waals surface area contributed by atoms with Gasteiger partial charge >= 0.3 is 11.8 Å². The normalized spacial score (nSPS) is 10.4. The predicted molar refractivity (Wildman–Crippen MR) is 68.7 cm³/mol. The maximum atomic E-state index is 11.4. The van der Waals surface area contributed by atoms with Crippen LogP contribution in [0, 0.1) is 17.0 Å². The van der Waals surface area contributed by atoms with E-state index in [9.17, 15) is 14.9 Å². The maximum absolute atomic E-state index is 11.4. The standard InChI is InChI=1S/C12H19N3O4/c1-3-4-5-6-12(16)19-8-7-14-10(2)13-9-11(14)15(17)18/h9H,3-8H2,1-2H3. The summed E-state index contributed by atoms with van der Waals surface area (Å²) in [6.07, 6.45) is 4.48. The first kappa shape index (κ1) is 15.1. The van der Waals surface area contributed by atoms with E-state index in [1.165, 1.54) is 10.8 Å². The molecule has 1 aromatic rings. The lowest BCUT2D eigenvalue weighted by Gasteiger charge is -2.05. The van der Waals surface area contributed by atoms with Crippen molar-refractivity contribution in [3.63, 3.8) is 0 Å². The summed E-state index contributed by atoms with van der Waals surface area (Å²) in [5.74, 6) is 0.196. The molecule has 0 atom stereocenters. The molecule has 0 aliphatic heterocycles. The average Bonchev–Trinajstić information content (AvgIpc) is 2.72. The second-order valence-corrected chi connectivity index (χ2v) is 4.25. The van der Waals surface area contributed by atoms with Gasteiger partial charge in [0.05, 0.1) is 0 Å². The molecule has 0 bridgehead atoms. The minimum absolute atomic E-state index is 0.0838. The van der Waals surface area contributed by atoms with Crippen LogP contribution in [-0.4, -0.2) is 27.1 Å². The number of rotatable bonds is 8. The number of unbranched alkanes of at least 4 members (excludes halogenated alkanes) is 2. The molecule has 106 valence electrons. The Hall–Kier alpha value is -1.92. The van der Waals surface area contributed by atoms with Crippen molar-refractivity contribution in [2.45, 2.75) is 46.1 Å². The zero-order valence-electron chi connectivity index (χ0n) is 11.3. The maximum Gasteiger partial charge on any atom is 0.342 e. The van der Waals surface area contributed by atoms with Crippen LogP contribution in [-0.2, 0) is 16.1 Å². The first-order valence-corrected chi connectivity index (χ1v) is 6.38. The minimum Gasteiger partial charge on any atom is -0.461 e. The van der Waals surface area contributed by atoms with Gasteiger partial charge in [-0.2, -0.15) is 0 Å². The third kappa shape index (κ3) is 4.69. The fourth-order valence-corrected chi connectivity index (χ4v) is 1.72. The fraction of sp³-hybridized carbons (Fsp3) is 0.667. The van der Waals surface area contributed by atoms with E-state index >= 15 is 0 Å². The van der Waals surface area contributed by atoms with Gasteiger partial charge in [0.15, 0.2) is 5.82 Å². The number of aryl methyl sites for hydroxylation is 1. The van der Waals surface area contributed by atoms with Crippen LogP contribution in [0.15, 0.2) is 6.20 Å². The number of hydrogen-bond donors (Lipinski definition) is 0. The molecular formula is C12H19N3O4. The molecular weight excluding hydrogens is 250 g/mol. The molecule has 7 heteroatoms. The van der Waals surface area contributed by atoms with Gasteiger partial charge in [0.25, 0.3) is 0 Å². The number of esters is 1. The van der Waals surface area contributed by atoms with E-state index < -0.39 is 4.92 Å². The summed E-state index contributed by atoms with van der Waals surface area (Å²) in [5, 5.41) is 10.7. The van der Waals surface area contributed by atoms with Gasteiger partial charge in [-0.15, -0.1) is 0 Å². The summed E-state index contributed by atoms with van der Waals surface area (Å²) in [6, 6.07) is 0. The number of aromatic nitrogens is 2. The zero-order valence-corrected chi connectivity index (χ0v) is 11.3. The molecule has 0 aliphatic rings. The Balaban J connectivity index is 2.39. The van der Waals surface area contributed by atoms with E-state index in [4.69, 9.17) is 4.74 Å². The molecule has 1 rings (SSSR count). The molecule has 0 N–H and O–H groups in total. The molecule has 0 aliphatic carbocycles. The van der Waals surface area contributed by atoms with Gasteiger partial charge in [-0.05, 0) is 11.3 Å². The van der Waals surface area contributed by atoms with Gasteiger partial charge < -0.3 is 14.9 Å². The molecule has 19 heavy (non-hydrogen) atoms. The van der Waals surface area contributed by atoms with Crippen LogP contribution in [0.5, 0.6) is 0 Å². The van der Waals surface area contributed by atoms with Crippen LogP contribution in [0.3, 0.4) is 0 Å². The zero-order chi connectivity index (χ0) is 14.3. The smallest absolute Gasteiger partial charge is 0.342 e. The summed E-state index contributed by atoms with van der Waals surface area (Å²) < 4.78 is 6.47. The summed E-state index contributed by atoms with van der Waals surface area (Å²) in [4.78, 5) is 25.5. The van der Waals surface area contributed by atoms with Gasteiger partial charge in [-0.1, -0.05) is 19.8 Å². The summed E-state index contributed by atoms with van der Waals surface area (Å²) >= 11 is 0. The molecule has 0 unspecified atom stereocenters. The monoisotopic (exact) mass is 269 g/mol. The van der Waals surface area contributed by atoms with Crippen molar-refractivity contribution in [2.75, 3.05) is 6.61 Å². The highest BCUT2D eigenvalue weighted by Crippen LogP contribution is 2.13. The van der Waals surface area contributed by atoms with Gasteiger partial charge in [-0.25, -0.2) is 9.55 Å². The third-order valence-electron chi connectivity index (χ3n) is 2.78. The number of nitro groups is 1. The summed E-state index contributed by atoms with van der Waals surface area (Å²) in [6.45, 7) is 4.12. The van der Waals surface area contributed by atoms with E-state index in [0.29, 0.717) is 12.2 Å². The van der Waals surface area contributed by atoms with Gasteiger partial charge in [0.1, 0.15) is 19.3 Å². The second-order valence-electron chi connectivity index (χ2n) is 4.25. The largest absolute Gasteiger partial charge is 0.461 e. The Morgan fingerprint density at radius 3 is 2.89 bits per heavy atom. The SMILES string of the molecule is CCCCCC(=O)OCCn1c([N+](=O)[O-])cnc1C. The van der Waals surface area contributed by atoms with E-state index in [1.54, 1.807) is 6.92 Å². The van der Waals surface area contributed by atoms with E-state index in [-0.39, 0.29) is 24.9 Å². The first-order chi connectivity index (χ1) is 9.06. The molecule has 1 aromatic heterocycles. The molecule has 0 saturated heterocycles. The van der Waals surface area contributed by atoms with Crippen LogP contribution in [0.25, 0.3) is 0 Å². The highest BCUT2D eigenvalue weighted by molar-refractivity contribution is 5.69. The van der Waals surface area contributed by atoms with Crippen molar-refractivity contribution >= 4 is 11.8 Å². The lowest BCUT2D eigenvalue weighted by molar-refractivity contribution is -0.392. The highest BCUT2D eigenvalue weighted by Gasteiger charge is 2.17. The van der Waals surface area contributed by atoms with E-state index in [1.807, 2.05) is 0 Å². The Morgan fingerprint density at radius 1 is 1.53 bits per heavy atom. The Kier molecular flexibility index (Phi) is 5.98. The van der Waals surface area contributed by atoms with Crippen molar-refractivity contribution in [1.29, 1.82) is 0 Å². The van der Waals surface area contributed by atoms with Crippen LogP contribution < -0.4 is 0 Å². The molecule has 0 radical (unpaired) electrons. The number of nitrogens with zero attached hydrogens (tertiary/aromatic N) is 3. The van der Waals surface area contributed by atoms with Gasteiger partial charge in [0.2, 0.25) is 0 Å².